The Labute approximate surface area is 232 Å². The maximum Gasteiger partial charge on any atom is 0.238 e. The molecule has 6 rings (SSSR count). The third kappa shape index (κ3) is 5.21. The SMILES string of the molecule is COCCn1cc(Nc2ncc3c(Nc4cc(NC(=O)CN5CCCC56CCC6)cnc4C)nn(C)c3n2)cn1. The lowest BCUT2D eigenvalue weighted by molar-refractivity contribution is -0.119. The first-order chi connectivity index (χ1) is 19.4. The minimum absolute atomic E-state index is 0.00858. The molecule has 1 spiro atoms. The Bertz CT molecular complexity index is 1520. The van der Waals surface area contributed by atoms with E-state index in [9.17, 15) is 4.79 Å². The number of likely N-dealkylation sites (tertiary alicyclic amines) is 1. The van der Waals surface area contributed by atoms with Crippen LogP contribution in [0, 0.1) is 6.92 Å². The fourth-order valence-electron chi connectivity index (χ4n) is 5.68. The number of ether oxygens (including phenoxy) is 1. The molecule has 40 heavy (non-hydrogen) atoms. The predicted octanol–water partition coefficient (Wildman–Crippen LogP) is 3.35. The molecule has 0 aromatic carbocycles. The molecule has 1 saturated heterocycles. The monoisotopic (exact) mass is 545 g/mol. The van der Waals surface area contributed by atoms with Gasteiger partial charge in [-0.3, -0.25) is 19.4 Å². The number of hydrogen-bond donors (Lipinski definition) is 3. The van der Waals surface area contributed by atoms with Gasteiger partial charge in [0.15, 0.2) is 11.5 Å². The van der Waals surface area contributed by atoms with E-state index in [1.165, 1.54) is 32.1 Å². The van der Waals surface area contributed by atoms with Crippen LogP contribution in [0.25, 0.3) is 11.0 Å². The van der Waals surface area contributed by atoms with Crippen molar-refractivity contribution in [3.8, 4) is 0 Å². The molecule has 2 aliphatic rings. The highest BCUT2D eigenvalue weighted by molar-refractivity contribution is 5.93. The number of amides is 1. The van der Waals surface area contributed by atoms with E-state index in [1.807, 2.05) is 26.2 Å². The summed E-state index contributed by atoms with van der Waals surface area (Å²) in [5.74, 6) is 1.04. The highest BCUT2D eigenvalue weighted by atomic mass is 16.5. The van der Waals surface area contributed by atoms with Gasteiger partial charge in [-0.05, 0) is 51.6 Å². The number of aromatic nitrogens is 7. The standard InChI is InChI=1S/C27H35N11O2/c1-18-22(12-19(13-28-18)31-23(39)17-37-9-5-8-27(37)6-4-7-27)33-24-21-15-29-26(34-25(21)36(2)35-24)32-20-14-30-38(16-20)10-11-40-3/h12-16H,4-11,17H2,1-3H3,(H,31,39)(H,33,35)(H,29,32,34). The van der Waals surface area contributed by atoms with E-state index in [0.717, 1.165) is 29.0 Å². The number of fused-ring (bicyclic) bond motifs is 1. The molecule has 13 nitrogen and oxygen atoms in total. The normalized spacial score (nSPS) is 16.4. The fourth-order valence-corrected chi connectivity index (χ4v) is 5.68. The molecular formula is C27H35N11O2. The van der Waals surface area contributed by atoms with Crippen LogP contribution in [0.5, 0.6) is 0 Å². The number of methoxy groups -OCH3 is 1. The Hall–Kier alpha value is -4.10. The summed E-state index contributed by atoms with van der Waals surface area (Å²) in [6.07, 6.45) is 13.1. The number of carbonyl (C=O) groups excluding carboxylic acids is 1. The van der Waals surface area contributed by atoms with Crippen molar-refractivity contribution in [3.63, 3.8) is 0 Å². The Morgan fingerprint density at radius 2 is 1.95 bits per heavy atom. The summed E-state index contributed by atoms with van der Waals surface area (Å²) in [4.78, 5) is 28.9. The molecule has 0 unspecified atom stereocenters. The first-order valence-electron chi connectivity index (χ1n) is 13.7. The summed E-state index contributed by atoms with van der Waals surface area (Å²) in [6.45, 7) is 4.57. The molecule has 0 atom stereocenters. The van der Waals surface area contributed by atoms with Gasteiger partial charge in [0.25, 0.3) is 0 Å². The smallest absolute Gasteiger partial charge is 0.238 e. The van der Waals surface area contributed by atoms with E-state index in [1.54, 1.807) is 35.1 Å². The number of nitrogens with one attached hydrogen (secondary N) is 3. The quantitative estimate of drug-likeness (QED) is 0.272. The van der Waals surface area contributed by atoms with Crippen molar-refractivity contribution < 1.29 is 9.53 Å². The summed E-state index contributed by atoms with van der Waals surface area (Å²) < 4.78 is 8.60. The number of anilines is 5. The van der Waals surface area contributed by atoms with Gasteiger partial charge in [-0.2, -0.15) is 15.2 Å². The molecule has 4 aromatic rings. The van der Waals surface area contributed by atoms with Crippen molar-refractivity contribution in [2.45, 2.75) is 51.1 Å². The second-order valence-electron chi connectivity index (χ2n) is 10.6. The molecule has 2 fully saturated rings. The van der Waals surface area contributed by atoms with Gasteiger partial charge in [0, 0.05) is 32.1 Å². The third-order valence-corrected chi connectivity index (χ3v) is 7.98. The zero-order valence-corrected chi connectivity index (χ0v) is 23.1. The van der Waals surface area contributed by atoms with Gasteiger partial charge in [-0.15, -0.1) is 0 Å². The Morgan fingerprint density at radius 3 is 2.75 bits per heavy atom. The van der Waals surface area contributed by atoms with Crippen LogP contribution in [0.3, 0.4) is 0 Å². The van der Waals surface area contributed by atoms with Crippen LogP contribution in [0.1, 0.15) is 37.8 Å². The first-order valence-corrected chi connectivity index (χ1v) is 13.7. The zero-order chi connectivity index (χ0) is 27.7. The number of aryl methyl sites for hydroxylation is 2. The minimum Gasteiger partial charge on any atom is -0.383 e. The van der Waals surface area contributed by atoms with Crippen LogP contribution in [-0.4, -0.2) is 77.7 Å². The molecule has 1 amide bonds. The van der Waals surface area contributed by atoms with E-state index >= 15 is 0 Å². The van der Waals surface area contributed by atoms with Gasteiger partial charge in [0.05, 0.1) is 60.2 Å². The van der Waals surface area contributed by atoms with Gasteiger partial charge in [0.2, 0.25) is 11.9 Å². The van der Waals surface area contributed by atoms with Crippen molar-refractivity contribution in [2.24, 2.45) is 7.05 Å². The van der Waals surface area contributed by atoms with E-state index in [0.29, 0.717) is 42.8 Å². The molecule has 0 bridgehead atoms. The van der Waals surface area contributed by atoms with E-state index in [-0.39, 0.29) is 11.4 Å². The van der Waals surface area contributed by atoms with Crippen molar-refractivity contribution >= 4 is 45.8 Å². The van der Waals surface area contributed by atoms with Crippen LogP contribution < -0.4 is 16.0 Å². The summed E-state index contributed by atoms with van der Waals surface area (Å²) in [7, 11) is 3.50. The largest absolute Gasteiger partial charge is 0.383 e. The van der Waals surface area contributed by atoms with Crippen molar-refractivity contribution in [1.29, 1.82) is 0 Å². The Morgan fingerprint density at radius 1 is 1.10 bits per heavy atom. The topological polar surface area (TPSA) is 140 Å². The summed E-state index contributed by atoms with van der Waals surface area (Å²) in [5, 5.41) is 19.3. The van der Waals surface area contributed by atoms with Gasteiger partial charge >= 0.3 is 0 Å². The van der Waals surface area contributed by atoms with Crippen molar-refractivity contribution in [2.75, 3.05) is 42.8 Å². The molecule has 210 valence electrons. The summed E-state index contributed by atoms with van der Waals surface area (Å²) in [6, 6.07) is 1.89. The van der Waals surface area contributed by atoms with Crippen LogP contribution in [-0.2, 0) is 23.1 Å². The van der Waals surface area contributed by atoms with Gasteiger partial charge < -0.3 is 20.7 Å². The lowest BCUT2D eigenvalue weighted by Crippen LogP contribution is -2.51. The molecule has 5 heterocycles. The lowest BCUT2D eigenvalue weighted by Gasteiger charge is -2.45. The van der Waals surface area contributed by atoms with Crippen molar-refractivity contribution in [1.82, 2.24) is 39.4 Å². The van der Waals surface area contributed by atoms with E-state index in [2.05, 4.69) is 46.0 Å². The van der Waals surface area contributed by atoms with Gasteiger partial charge in [-0.1, -0.05) is 0 Å². The van der Waals surface area contributed by atoms with Gasteiger partial charge in [-0.25, -0.2) is 9.67 Å². The second kappa shape index (κ2) is 10.8. The fraction of sp³-hybridized carbons (Fsp3) is 0.481. The Kier molecular flexibility index (Phi) is 7.07. The number of carbonyl (C=O) groups is 1. The maximum absolute atomic E-state index is 12.9. The van der Waals surface area contributed by atoms with Crippen LogP contribution in [0.4, 0.5) is 28.8 Å². The van der Waals surface area contributed by atoms with E-state index in [4.69, 9.17) is 4.74 Å². The molecule has 1 aliphatic heterocycles. The van der Waals surface area contributed by atoms with Gasteiger partial charge in [0.1, 0.15) is 0 Å². The highest BCUT2D eigenvalue weighted by Crippen LogP contribution is 2.45. The first kappa shape index (κ1) is 26.1. The molecule has 3 N–H and O–H groups in total. The van der Waals surface area contributed by atoms with Crippen LogP contribution in [0.2, 0.25) is 0 Å². The van der Waals surface area contributed by atoms with Crippen LogP contribution in [0.15, 0.2) is 30.9 Å². The maximum atomic E-state index is 12.9. The molecule has 1 aliphatic carbocycles. The second-order valence-corrected chi connectivity index (χ2v) is 10.6. The highest BCUT2D eigenvalue weighted by Gasteiger charge is 2.45. The molecular weight excluding hydrogens is 510 g/mol. The number of pyridine rings is 1. The van der Waals surface area contributed by atoms with Crippen molar-refractivity contribution in [3.05, 3.63) is 36.5 Å². The average molecular weight is 546 g/mol. The number of rotatable bonds is 10. The molecule has 1 saturated carbocycles. The number of hydrogen-bond acceptors (Lipinski definition) is 10. The molecule has 4 aromatic heterocycles. The Balaban J connectivity index is 1.14. The zero-order valence-electron chi connectivity index (χ0n) is 23.1. The average Bonchev–Trinajstić information content (AvgIpc) is 3.62. The summed E-state index contributed by atoms with van der Waals surface area (Å²) in [5.41, 5.74) is 3.89. The number of nitrogens with zero attached hydrogens (tertiary/aromatic N) is 8. The predicted molar refractivity (Wildman–Crippen MR) is 152 cm³/mol. The van der Waals surface area contributed by atoms with E-state index < -0.39 is 0 Å². The van der Waals surface area contributed by atoms with Crippen LogP contribution >= 0.6 is 0 Å². The minimum atomic E-state index is -0.00858. The molecule has 13 heteroatoms. The lowest BCUT2D eigenvalue weighted by atomic mass is 9.75. The third-order valence-electron chi connectivity index (χ3n) is 7.98. The molecule has 0 radical (unpaired) electrons. The summed E-state index contributed by atoms with van der Waals surface area (Å²) >= 11 is 0.